The molecule has 1 aromatic heterocycles. The number of benzene rings is 1. The highest BCUT2D eigenvalue weighted by Gasteiger charge is 2.35. The average molecular weight is 432 g/mol. The molecule has 0 aliphatic carbocycles. The number of hydrogen-bond donors (Lipinski definition) is 1. The largest absolute Gasteiger partial charge is 0.477 e. The summed E-state index contributed by atoms with van der Waals surface area (Å²) in [6, 6.07) is 11.2. The normalized spacial score (nSPS) is 16.4. The molecule has 1 atom stereocenters. The SMILES string of the molecule is CCCOc1ncccc1CNC(=O)C1CC(=O)N(c2cccc(Br)c2)C1. The Kier molecular flexibility index (Phi) is 6.45. The molecule has 1 aliphatic rings. The third kappa shape index (κ3) is 4.86. The first-order valence-electron chi connectivity index (χ1n) is 8.98. The highest BCUT2D eigenvalue weighted by atomic mass is 79.9. The van der Waals surface area contributed by atoms with Gasteiger partial charge in [-0.05, 0) is 30.7 Å². The molecule has 6 nitrogen and oxygen atoms in total. The molecule has 27 heavy (non-hydrogen) atoms. The van der Waals surface area contributed by atoms with Gasteiger partial charge in [0.25, 0.3) is 0 Å². The Hall–Kier alpha value is -2.41. The number of carbonyl (C=O) groups excluding carboxylic acids is 2. The minimum atomic E-state index is -0.367. The van der Waals surface area contributed by atoms with Crippen molar-refractivity contribution in [3.63, 3.8) is 0 Å². The Bertz CT molecular complexity index is 828. The van der Waals surface area contributed by atoms with Gasteiger partial charge in [-0.3, -0.25) is 9.59 Å². The van der Waals surface area contributed by atoms with Gasteiger partial charge < -0.3 is 15.0 Å². The molecular weight excluding hydrogens is 410 g/mol. The fourth-order valence-electron chi connectivity index (χ4n) is 2.99. The van der Waals surface area contributed by atoms with E-state index in [0.29, 0.717) is 25.6 Å². The predicted octanol–water partition coefficient (Wildman–Crippen LogP) is 3.30. The van der Waals surface area contributed by atoms with Gasteiger partial charge in [0.2, 0.25) is 17.7 Å². The van der Waals surface area contributed by atoms with Gasteiger partial charge in [-0.15, -0.1) is 0 Å². The molecule has 0 radical (unpaired) electrons. The zero-order valence-electron chi connectivity index (χ0n) is 15.2. The number of hydrogen-bond acceptors (Lipinski definition) is 4. The Morgan fingerprint density at radius 1 is 1.37 bits per heavy atom. The molecule has 1 fully saturated rings. The summed E-state index contributed by atoms with van der Waals surface area (Å²) in [6.07, 6.45) is 2.77. The second kappa shape index (κ2) is 8.99. The summed E-state index contributed by atoms with van der Waals surface area (Å²) >= 11 is 3.41. The van der Waals surface area contributed by atoms with Crippen LogP contribution in [0.2, 0.25) is 0 Å². The Morgan fingerprint density at radius 2 is 2.22 bits per heavy atom. The van der Waals surface area contributed by atoms with E-state index in [9.17, 15) is 9.59 Å². The van der Waals surface area contributed by atoms with Gasteiger partial charge in [-0.1, -0.05) is 35.0 Å². The summed E-state index contributed by atoms with van der Waals surface area (Å²) < 4.78 is 6.52. The number of anilines is 1. The number of carbonyl (C=O) groups is 2. The lowest BCUT2D eigenvalue weighted by Gasteiger charge is -2.17. The second-order valence-electron chi connectivity index (χ2n) is 6.42. The summed E-state index contributed by atoms with van der Waals surface area (Å²) in [5, 5.41) is 2.91. The van der Waals surface area contributed by atoms with Crippen molar-refractivity contribution >= 4 is 33.4 Å². The molecule has 1 aromatic carbocycles. The van der Waals surface area contributed by atoms with Gasteiger partial charge in [0, 0.05) is 41.4 Å². The molecule has 3 rings (SSSR count). The van der Waals surface area contributed by atoms with Crippen LogP contribution in [-0.2, 0) is 16.1 Å². The Morgan fingerprint density at radius 3 is 3.00 bits per heavy atom. The first-order valence-corrected chi connectivity index (χ1v) is 9.78. The summed E-state index contributed by atoms with van der Waals surface area (Å²) in [7, 11) is 0. The molecular formula is C20H22BrN3O3. The fraction of sp³-hybridized carbons (Fsp3) is 0.350. The van der Waals surface area contributed by atoms with Gasteiger partial charge in [-0.25, -0.2) is 4.98 Å². The topological polar surface area (TPSA) is 71.5 Å². The maximum Gasteiger partial charge on any atom is 0.227 e. The number of ether oxygens (including phenoxy) is 1. The molecule has 1 N–H and O–H groups in total. The minimum absolute atomic E-state index is 0.0402. The van der Waals surface area contributed by atoms with Crippen LogP contribution in [0.1, 0.15) is 25.3 Å². The molecule has 2 aromatic rings. The molecule has 1 unspecified atom stereocenters. The minimum Gasteiger partial charge on any atom is -0.477 e. The molecule has 0 saturated carbocycles. The Balaban J connectivity index is 1.60. The van der Waals surface area contributed by atoms with E-state index in [1.54, 1.807) is 11.1 Å². The maximum absolute atomic E-state index is 12.6. The van der Waals surface area contributed by atoms with E-state index in [1.807, 2.05) is 43.3 Å². The molecule has 1 aliphatic heterocycles. The third-order valence-electron chi connectivity index (χ3n) is 4.36. The standard InChI is InChI=1S/C20H22BrN3O3/c1-2-9-27-20-14(5-4-8-22-20)12-23-19(26)15-10-18(25)24(13-15)17-7-3-6-16(21)11-17/h3-8,11,15H,2,9-10,12-13H2,1H3,(H,23,26). The fourth-order valence-corrected chi connectivity index (χ4v) is 3.38. The van der Waals surface area contributed by atoms with E-state index in [2.05, 4.69) is 26.2 Å². The van der Waals surface area contributed by atoms with Crippen molar-refractivity contribution in [3.05, 3.63) is 52.6 Å². The van der Waals surface area contributed by atoms with E-state index in [1.165, 1.54) is 0 Å². The number of rotatable bonds is 7. The lowest BCUT2D eigenvalue weighted by molar-refractivity contribution is -0.126. The van der Waals surface area contributed by atoms with E-state index < -0.39 is 0 Å². The van der Waals surface area contributed by atoms with Crippen molar-refractivity contribution in [3.8, 4) is 5.88 Å². The van der Waals surface area contributed by atoms with Crippen molar-refractivity contribution in [2.45, 2.75) is 26.3 Å². The predicted molar refractivity (Wildman–Crippen MR) is 106 cm³/mol. The van der Waals surface area contributed by atoms with Crippen LogP contribution in [0.15, 0.2) is 47.1 Å². The maximum atomic E-state index is 12.6. The van der Waals surface area contributed by atoms with Crippen LogP contribution in [0, 0.1) is 5.92 Å². The van der Waals surface area contributed by atoms with Crippen LogP contribution in [0.5, 0.6) is 5.88 Å². The van der Waals surface area contributed by atoms with Gasteiger partial charge in [0.05, 0.1) is 12.5 Å². The number of nitrogens with one attached hydrogen (secondary N) is 1. The van der Waals surface area contributed by atoms with Gasteiger partial charge in [0.1, 0.15) is 0 Å². The first-order chi connectivity index (χ1) is 13.1. The smallest absolute Gasteiger partial charge is 0.227 e. The summed E-state index contributed by atoms with van der Waals surface area (Å²) in [6.45, 7) is 3.32. The molecule has 7 heteroatoms. The number of amides is 2. The number of nitrogens with zero attached hydrogens (tertiary/aromatic N) is 2. The Labute approximate surface area is 167 Å². The van der Waals surface area contributed by atoms with Crippen molar-refractivity contribution in [2.24, 2.45) is 5.92 Å². The zero-order chi connectivity index (χ0) is 19.2. The van der Waals surface area contributed by atoms with Crippen molar-refractivity contribution in [1.29, 1.82) is 0 Å². The van der Waals surface area contributed by atoms with Gasteiger partial charge >= 0.3 is 0 Å². The average Bonchev–Trinajstić information content (AvgIpc) is 3.07. The summed E-state index contributed by atoms with van der Waals surface area (Å²) in [5.74, 6) is -0.00110. The quantitative estimate of drug-likeness (QED) is 0.729. The molecule has 0 bridgehead atoms. The van der Waals surface area contributed by atoms with Crippen LogP contribution >= 0.6 is 15.9 Å². The van der Waals surface area contributed by atoms with E-state index in [-0.39, 0.29) is 24.2 Å². The monoisotopic (exact) mass is 431 g/mol. The number of aromatic nitrogens is 1. The summed E-state index contributed by atoms with van der Waals surface area (Å²) in [5.41, 5.74) is 1.62. The van der Waals surface area contributed by atoms with Gasteiger partial charge in [0.15, 0.2) is 0 Å². The summed E-state index contributed by atoms with van der Waals surface area (Å²) in [4.78, 5) is 30.8. The second-order valence-corrected chi connectivity index (χ2v) is 7.33. The first kappa shape index (κ1) is 19.4. The number of pyridine rings is 1. The van der Waals surface area contributed by atoms with Crippen LogP contribution in [0.4, 0.5) is 5.69 Å². The van der Waals surface area contributed by atoms with E-state index in [4.69, 9.17) is 4.74 Å². The van der Waals surface area contributed by atoms with Gasteiger partial charge in [-0.2, -0.15) is 0 Å². The molecule has 142 valence electrons. The van der Waals surface area contributed by atoms with E-state index >= 15 is 0 Å². The lowest BCUT2D eigenvalue weighted by Crippen LogP contribution is -2.32. The molecule has 0 spiro atoms. The van der Waals surface area contributed by atoms with Crippen LogP contribution in [0.25, 0.3) is 0 Å². The van der Waals surface area contributed by atoms with Crippen molar-refractivity contribution in [1.82, 2.24) is 10.3 Å². The molecule has 2 amide bonds. The van der Waals surface area contributed by atoms with Crippen LogP contribution < -0.4 is 15.0 Å². The molecule has 2 heterocycles. The zero-order valence-corrected chi connectivity index (χ0v) is 16.7. The highest BCUT2D eigenvalue weighted by molar-refractivity contribution is 9.10. The van der Waals surface area contributed by atoms with Crippen molar-refractivity contribution < 1.29 is 14.3 Å². The number of halogens is 1. The molecule has 1 saturated heterocycles. The van der Waals surface area contributed by atoms with Crippen LogP contribution in [-0.4, -0.2) is 29.9 Å². The van der Waals surface area contributed by atoms with E-state index in [0.717, 1.165) is 22.1 Å². The lowest BCUT2D eigenvalue weighted by atomic mass is 10.1. The highest BCUT2D eigenvalue weighted by Crippen LogP contribution is 2.27. The van der Waals surface area contributed by atoms with Crippen molar-refractivity contribution in [2.75, 3.05) is 18.1 Å². The third-order valence-corrected chi connectivity index (χ3v) is 4.85. The van der Waals surface area contributed by atoms with Crippen LogP contribution in [0.3, 0.4) is 0 Å².